The van der Waals surface area contributed by atoms with Gasteiger partial charge in [-0.15, -0.1) is 0 Å². The molecule has 296 valence electrons. The summed E-state index contributed by atoms with van der Waals surface area (Å²) in [6.07, 6.45) is 0. The van der Waals surface area contributed by atoms with Gasteiger partial charge < -0.3 is 20.2 Å². The highest BCUT2D eigenvalue weighted by atomic mass is 79.9. The molecule has 4 aromatic carbocycles. The van der Waals surface area contributed by atoms with E-state index in [-0.39, 0.29) is 5.41 Å². The second-order valence-corrected chi connectivity index (χ2v) is 19.0. The average molecular weight is 808 g/mol. The van der Waals surface area contributed by atoms with E-state index in [0.717, 1.165) is 34.8 Å². The molecule has 0 aliphatic carbocycles. The van der Waals surface area contributed by atoms with Gasteiger partial charge in [0, 0.05) is 29.8 Å². The number of nitrogens with two attached hydrogens (primary N) is 1. The summed E-state index contributed by atoms with van der Waals surface area (Å²) in [4.78, 5) is 9.86. The van der Waals surface area contributed by atoms with Gasteiger partial charge in [0.1, 0.15) is 0 Å². The van der Waals surface area contributed by atoms with Crippen molar-refractivity contribution in [1.82, 2.24) is 19.1 Å². The second kappa shape index (κ2) is 17.5. The molecular formula is C48H67BrN6. The van der Waals surface area contributed by atoms with Crippen LogP contribution in [0, 0.1) is 52.4 Å². The molecule has 0 aliphatic rings. The van der Waals surface area contributed by atoms with Gasteiger partial charge in [-0.25, -0.2) is 9.97 Å². The fraction of sp³-hybridized carbons (Fsp3) is 0.458. The van der Waals surface area contributed by atoms with Gasteiger partial charge in [0.25, 0.3) is 0 Å². The zero-order valence-corrected chi connectivity index (χ0v) is 38.2. The number of aromatic nitrogens is 4. The van der Waals surface area contributed by atoms with Crippen LogP contribution in [0.2, 0.25) is 0 Å². The first kappa shape index (κ1) is 43.8. The van der Waals surface area contributed by atoms with Crippen molar-refractivity contribution >= 4 is 43.9 Å². The Labute approximate surface area is 340 Å². The minimum atomic E-state index is 0.201. The molecule has 0 aliphatic heterocycles. The minimum Gasteiger partial charge on any atom is -0.355 e. The van der Waals surface area contributed by atoms with Gasteiger partial charge in [-0.1, -0.05) is 101 Å². The average Bonchev–Trinajstić information content (AvgIpc) is 3.61. The number of benzene rings is 4. The number of para-hydroxylation sites is 2. The summed E-state index contributed by atoms with van der Waals surface area (Å²) in [5.74, 6) is 0.963. The maximum Gasteiger partial charge on any atom is 0.204 e. The number of hydrogen-bond acceptors (Lipinski definition) is 4. The molecule has 6 nitrogen and oxygen atoms in total. The molecule has 0 atom stereocenters. The maximum absolute atomic E-state index is 5.31. The fourth-order valence-corrected chi connectivity index (χ4v) is 8.08. The molecule has 0 spiro atoms. The van der Waals surface area contributed by atoms with Crippen LogP contribution in [0.4, 0.5) is 5.95 Å². The first-order valence-corrected chi connectivity index (χ1v) is 20.6. The van der Waals surface area contributed by atoms with Crippen molar-refractivity contribution in [2.75, 3.05) is 18.4 Å². The molecule has 2 aromatic heterocycles. The fourth-order valence-electron chi connectivity index (χ4n) is 7.30. The Hall–Kier alpha value is -3.94. The molecule has 3 N–H and O–H groups in total. The number of fused-ring (bicyclic) bond motifs is 2. The van der Waals surface area contributed by atoms with Crippen LogP contribution in [0.5, 0.6) is 0 Å². The zero-order valence-electron chi connectivity index (χ0n) is 36.6. The number of halogens is 1. The Morgan fingerprint density at radius 1 is 0.618 bits per heavy atom. The Bertz CT molecular complexity index is 2210. The lowest BCUT2D eigenvalue weighted by Gasteiger charge is -2.21. The van der Waals surface area contributed by atoms with Crippen LogP contribution >= 0.6 is 15.9 Å². The van der Waals surface area contributed by atoms with E-state index in [0.29, 0.717) is 17.5 Å². The van der Waals surface area contributed by atoms with E-state index < -0.39 is 0 Å². The molecule has 0 bridgehead atoms. The van der Waals surface area contributed by atoms with Gasteiger partial charge in [0.05, 0.1) is 22.1 Å². The Balaban J connectivity index is 0.000000216. The third kappa shape index (κ3) is 10.5. The van der Waals surface area contributed by atoms with Crippen LogP contribution in [0.25, 0.3) is 44.3 Å². The normalized spacial score (nSPS) is 11.9. The molecule has 0 radical (unpaired) electrons. The Kier molecular flexibility index (Phi) is 13.9. The Morgan fingerprint density at radius 3 is 1.36 bits per heavy atom. The molecule has 55 heavy (non-hydrogen) atoms. The summed E-state index contributed by atoms with van der Waals surface area (Å²) < 4.78 is 5.45. The van der Waals surface area contributed by atoms with Crippen molar-refractivity contribution in [3.8, 4) is 22.3 Å². The van der Waals surface area contributed by atoms with Crippen molar-refractivity contribution in [3.63, 3.8) is 0 Å². The first-order valence-electron chi connectivity index (χ1n) is 19.8. The summed E-state index contributed by atoms with van der Waals surface area (Å²) in [6, 6.07) is 22.7. The molecule has 2 heterocycles. The van der Waals surface area contributed by atoms with E-state index in [4.69, 9.17) is 15.7 Å². The van der Waals surface area contributed by atoms with Crippen molar-refractivity contribution in [3.05, 3.63) is 98.8 Å². The van der Waals surface area contributed by atoms with Gasteiger partial charge in [-0.05, 0) is 148 Å². The number of aryl methyl sites for hydroxylation is 6. The monoisotopic (exact) mass is 806 g/mol. The summed E-state index contributed by atoms with van der Waals surface area (Å²) in [5.41, 5.74) is 23.2. The second-order valence-electron chi connectivity index (χ2n) is 18.3. The number of anilines is 1. The lowest BCUT2D eigenvalue weighted by molar-refractivity contribution is 0.428. The minimum absolute atomic E-state index is 0.201. The maximum atomic E-state index is 5.31. The van der Waals surface area contributed by atoms with Gasteiger partial charge in [-0.2, -0.15) is 0 Å². The molecule has 0 amide bonds. The highest BCUT2D eigenvalue weighted by Gasteiger charge is 2.21. The van der Waals surface area contributed by atoms with Crippen molar-refractivity contribution < 1.29 is 0 Å². The molecular weight excluding hydrogens is 740 g/mol. The van der Waals surface area contributed by atoms with Gasteiger partial charge in [0.15, 0.2) is 4.73 Å². The third-order valence-electron chi connectivity index (χ3n) is 9.71. The summed E-state index contributed by atoms with van der Waals surface area (Å²) in [7, 11) is 0. The smallest absolute Gasteiger partial charge is 0.204 e. The molecule has 0 fully saturated rings. The van der Waals surface area contributed by atoms with E-state index in [1.165, 1.54) is 66.7 Å². The van der Waals surface area contributed by atoms with E-state index >= 15 is 0 Å². The van der Waals surface area contributed by atoms with E-state index in [1.807, 2.05) is 0 Å². The van der Waals surface area contributed by atoms with Crippen LogP contribution in [0.15, 0.2) is 65.4 Å². The van der Waals surface area contributed by atoms with Crippen LogP contribution in [0.3, 0.4) is 0 Å². The van der Waals surface area contributed by atoms with Gasteiger partial charge >= 0.3 is 0 Å². The number of hydrogen-bond donors (Lipinski definition) is 2. The molecule has 6 aromatic rings. The predicted molar refractivity (Wildman–Crippen MR) is 244 cm³/mol. The number of imidazole rings is 2. The van der Waals surface area contributed by atoms with Crippen LogP contribution in [0.1, 0.15) is 115 Å². The molecule has 6 rings (SSSR count). The lowest BCUT2D eigenvalue weighted by atomic mass is 9.93. The van der Waals surface area contributed by atoms with Crippen molar-refractivity contribution in [1.29, 1.82) is 0 Å². The van der Waals surface area contributed by atoms with E-state index in [1.54, 1.807) is 0 Å². The predicted octanol–water partition coefficient (Wildman–Crippen LogP) is 13.6. The first-order chi connectivity index (χ1) is 25.5. The Morgan fingerprint density at radius 2 is 1.00 bits per heavy atom. The van der Waals surface area contributed by atoms with Crippen molar-refractivity contribution in [2.45, 2.75) is 123 Å². The van der Waals surface area contributed by atoms with Crippen molar-refractivity contribution in [2.24, 2.45) is 16.6 Å². The van der Waals surface area contributed by atoms with Gasteiger partial charge in [0.2, 0.25) is 5.95 Å². The number of nitrogens with one attached hydrogen (secondary N) is 1. The largest absolute Gasteiger partial charge is 0.355 e. The summed E-state index contributed by atoms with van der Waals surface area (Å²) in [6.45, 7) is 36.6. The van der Waals surface area contributed by atoms with Crippen LogP contribution in [-0.2, 0) is 0 Å². The third-order valence-corrected chi connectivity index (χ3v) is 10.3. The SMILES string of the molecule is CC(C)(C)CN.Cc1cc(C)c(-c2cccc3c2nc(Br)n3C(C)C)c(C)c1.Cc1cc(C)c(-c2cccc3c2nc(NCC(C)(C)C)n3C(C)C)c(C)c1. The number of nitrogens with zero attached hydrogens (tertiary/aromatic N) is 4. The molecule has 0 saturated carbocycles. The number of rotatable bonds is 6. The standard InChI is InChI=1S/C24H33N3.C19H21BrN2.C5H13N/c1-15(2)27-20-11-9-10-19(21-17(4)12-16(3)13-18(21)5)22(20)26-23(27)25-14-24(6,7)8;1-11(2)22-16-8-6-7-15(18(16)21-19(22)20)17-13(4)9-12(3)10-14(17)5;1-5(2,3)4-6/h9-13,15H,14H2,1-8H3,(H,25,26);6-11H,1-5H3;4,6H2,1-3H3. The summed E-state index contributed by atoms with van der Waals surface area (Å²) in [5, 5.41) is 3.59. The summed E-state index contributed by atoms with van der Waals surface area (Å²) >= 11 is 3.62. The molecule has 0 saturated heterocycles. The highest BCUT2D eigenvalue weighted by molar-refractivity contribution is 9.10. The lowest BCUT2D eigenvalue weighted by Crippen LogP contribution is -2.21. The quantitative estimate of drug-likeness (QED) is 0.176. The van der Waals surface area contributed by atoms with Crippen LogP contribution in [-0.4, -0.2) is 32.2 Å². The van der Waals surface area contributed by atoms with E-state index in [2.05, 4.69) is 202 Å². The van der Waals surface area contributed by atoms with Crippen LogP contribution < -0.4 is 11.1 Å². The highest BCUT2D eigenvalue weighted by Crippen LogP contribution is 2.38. The van der Waals surface area contributed by atoms with Gasteiger partial charge in [-0.3, -0.25) is 0 Å². The van der Waals surface area contributed by atoms with E-state index in [9.17, 15) is 0 Å². The topological polar surface area (TPSA) is 73.7 Å². The molecule has 7 heteroatoms. The molecule has 0 unspecified atom stereocenters. The zero-order chi connectivity index (χ0) is 41.2.